The molecule has 0 aliphatic carbocycles. The van der Waals surface area contributed by atoms with Crippen LogP contribution in [0.2, 0.25) is 5.02 Å². The molecule has 1 heterocycles. The van der Waals surface area contributed by atoms with Crippen LogP contribution in [0.25, 0.3) is 0 Å². The number of benzene rings is 1. The molecule has 0 amide bonds. The van der Waals surface area contributed by atoms with Crippen molar-refractivity contribution in [3.05, 3.63) is 34.9 Å². The molecule has 1 unspecified atom stereocenters. The number of guanidine groups is 1. The summed E-state index contributed by atoms with van der Waals surface area (Å²) in [5, 5.41) is 7.54. The Kier molecular flexibility index (Phi) is 14.7. The molecule has 1 aromatic carbocycles. The number of nitrogens with zero attached hydrogens (tertiary/aromatic N) is 2. The van der Waals surface area contributed by atoms with Crippen LogP contribution in [-0.2, 0) is 9.47 Å². The lowest BCUT2D eigenvalue weighted by molar-refractivity contribution is 0.0179. The van der Waals surface area contributed by atoms with Crippen LogP contribution in [0.5, 0.6) is 0 Å². The summed E-state index contributed by atoms with van der Waals surface area (Å²) in [6.07, 6.45) is 2.12. The first-order valence-corrected chi connectivity index (χ1v) is 10.8. The van der Waals surface area contributed by atoms with Gasteiger partial charge < -0.3 is 20.1 Å². The fourth-order valence-electron chi connectivity index (χ4n) is 3.21. The van der Waals surface area contributed by atoms with E-state index in [0.717, 1.165) is 76.4 Å². The van der Waals surface area contributed by atoms with Crippen LogP contribution < -0.4 is 10.6 Å². The molecule has 1 aliphatic rings. The number of ether oxygens (including phenoxy) is 2. The number of nitrogens with one attached hydrogen (secondary N) is 2. The Bertz CT molecular complexity index is 568. The zero-order valence-corrected chi connectivity index (χ0v) is 20.7. The Morgan fingerprint density at radius 1 is 1.17 bits per heavy atom. The summed E-state index contributed by atoms with van der Waals surface area (Å²) in [7, 11) is 0. The molecule has 1 aliphatic heterocycles. The van der Waals surface area contributed by atoms with Gasteiger partial charge in [-0.3, -0.25) is 9.89 Å². The zero-order valence-electron chi connectivity index (χ0n) is 17.7. The summed E-state index contributed by atoms with van der Waals surface area (Å²) in [6.45, 7) is 11.5. The van der Waals surface area contributed by atoms with Crippen LogP contribution in [-0.4, -0.2) is 70.0 Å². The van der Waals surface area contributed by atoms with Crippen LogP contribution in [0.3, 0.4) is 0 Å². The van der Waals surface area contributed by atoms with Crippen LogP contribution in [0.15, 0.2) is 29.3 Å². The van der Waals surface area contributed by atoms with Gasteiger partial charge in [-0.1, -0.05) is 23.7 Å². The van der Waals surface area contributed by atoms with Crippen molar-refractivity contribution < 1.29 is 9.47 Å². The van der Waals surface area contributed by atoms with Crippen LogP contribution in [0.4, 0.5) is 0 Å². The van der Waals surface area contributed by atoms with Gasteiger partial charge in [0.05, 0.1) is 25.8 Å². The van der Waals surface area contributed by atoms with Gasteiger partial charge in [-0.25, -0.2) is 0 Å². The molecule has 0 saturated carbocycles. The maximum absolute atomic E-state index is 6.08. The highest BCUT2D eigenvalue weighted by molar-refractivity contribution is 14.0. The Labute approximate surface area is 197 Å². The third-order valence-electron chi connectivity index (χ3n) is 4.72. The average molecular weight is 539 g/mol. The summed E-state index contributed by atoms with van der Waals surface area (Å²) >= 11 is 6.08. The molecule has 2 N–H and O–H groups in total. The minimum Gasteiger partial charge on any atom is -0.382 e. The first-order valence-electron chi connectivity index (χ1n) is 10.4. The largest absolute Gasteiger partial charge is 0.382 e. The third-order valence-corrected chi connectivity index (χ3v) is 4.97. The second-order valence-corrected chi connectivity index (χ2v) is 7.20. The second kappa shape index (κ2) is 16.1. The van der Waals surface area contributed by atoms with E-state index < -0.39 is 0 Å². The van der Waals surface area contributed by atoms with E-state index in [0.29, 0.717) is 6.54 Å². The van der Waals surface area contributed by atoms with Gasteiger partial charge in [0.25, 0.3) is 0 Å². The normalized spacial score (nSPS) is 16.2. The molecular weight excluding hydrogens is 503 g/mol. The SMILES string of the molecule is CCNC(=NCC(c1ccc(Cl)cc1)N1CCOCC1)NCCCCOCC.I. The van der Waals surface area contributed by atoms with Gasteiger partial charge in [-0.15, -0.1) is 24.0 Å². The van der Waals surface area contributed by atoms with E-state index >= 15 is 0 Å². The standard InChI is InChI=1S/C21H35ClN4O2.HI/c1-3-23-21(24-11-5-6-14-27-4-2)25-17-20(26-12-15-28-16-13-26)18-7-9-19(22)10-8-18;/h7-10,20H,3-6,11-17H2,1-2H3,(H2,23,24,25);1H. The predicted octanol–water partition coefficient (Wildman–Crippen LogP) is 3.70. The van der Waals surface area contributed by atoms with Crippen molar-refractivity contribution in [3.8, 4) is 0 Å². The van der Waals surface area contributed by atoms with Crippen molar-refractivity contribution >= 4 is 41.5 Å². The van der Waals surface area contributed by atoms with E-state index in [1.54, 1.807) is 0 Å². The molecule has 1 saturated heterocycles. The van der Waals surface area contributed by atoms with E-state index in [1.165, 1.54) is 5.56 Å². The van der Waals surface area contributed by atoms with Crippen molar-refractivity contribution in [1.29, 1.82) is 0 Å². The van der Waals surface area contributed by atoms with Gasteiger partial charge in [0, 0.05) is 44.4 Å². The molecule has 0 aromatic heterocycles. The minimum absolute atomic E-state index is 0. The maximum atomic E-state index is 6.08. The molecule has 1 atom stereocenters. The van der Waals surface area contributed by atoms with Gasteiger partial charge in [0.15, 0.2) is 5.96 Å². The molecule has 166 valence electrons. The Hall–Kier alpha value is -0.610. The molecular formula is C21H36ClIN4O2. The van der Waals surface area contributed by atoms with Crippen LogP contribution >= 0.6 is 35.6 Å². The number of halogens is 2. The molecule has 2 rings (SSSR count). The number of aliphatic imine (C=N–C) groups is 1. The van der Waals surface area contributed by atoms with Gasteiger partial charge in [-0.05, 0) is 44.4 Å². The molecule has 0 bridgehead atoms. The predicted molar refractivity (Wildman–Crippen MR) is 132 cm³/mol. The lowest BCUT2D eigenvalue weighted by atomic mass is 10.0. The molecule has 0 spiro atoms. The van der Waals surface area contributed by atoms with Gasteiger partial charge >= 0.3 is 0 Å². The quantitative estimate of drug-likeness (QED) is 0.195. The van der Waals surface area contributed by atoms with Crippen LogP contribution in [0, 0.1) is 0 Å². The van der Waals surface area contributed by atoms with Crippen molar-refractivity contribution in [2.75, 3.05) is 59.2 Å². The highest BCUT2D eigenvalue weighted by Gasteiger charge is 2.22. The first-order chi connectivity index (χ1) is 13.7. The molecule has 1 aromatic rings. The Morgan fingerprint density at radius 3 is 2.55 bits per heavy atom. The molecule has 0 radical (unpaired) electrons. The van der Waals surface area contributed by atoms with Crippen molar-refractivity contribution in [2.24, 2.45) is 4.99 Å². The lowest BCUT2D eigenvalue weighted by Gasteiger charge is -2.34. The molecule has 29 heavy (non-hydrogen) atoms. The summed E-state index contributed by atoms with van der Waals surface area (Å²) in [4.78, 5) is 7.32. The fourth-order valence-corrected chi connectivity index (χ4v) is 3.33. The summed E-state index contributed by atoms with van der Waals surface area (Å²) in [6, 6.07) is 8.33. The van der Waals surface area contributed by atoms with E-state index in [2.05, 4.69) is 34.6 Å². The number of morpholine rings is 1. The number of rotatable bonds is 11. The van der Waals surface area contributed by atoms with Crippen molar-refractivity contribution in [1.82, 2.24) is 15.5 Å². The average Bonchev–Trinajstić information content (AvgIpc) is 2.72. The van der Waals surface area contributed by atoms with E-state index in [4.69, 9.17) is 26.1 Å². The number of unbranched alkanes of at least 4 members (excludes halogenated alkanes) is 1. The van der Waals surface area contributed by atoms with Crippen molar-refractivity contribution in [2.45, 2.75) is 32.7 Å². The topological polar surface area (TPSA) is 58.1 Å². The second-order valence-electron chi connectivity index (χ2n) is 6.77. The number of hydrogen-bond acceptors (Lipinski definition) is 4. The highest BCUT2D eigenvalue weighted by Crippen LogP contribution is 2.24. The van der Waals surface area contributed by atoms with E-state index in [9.17, 15) is 0 Å². The fraction of sp³-hybridized carbons (Fsp3) is 0.667. The first kappa shape index (κ1) is 26.4. The summed E-state index contributed by atoms with van der Waals surface area (Å²) < 4.78 is 10.9. The zero-order chi connectivity index (χ0) is 20.0. The summed E-state index contributed by atoms with van der Waals surface area (Å²) in [5.74, 6) is 0.867. The monoisotopic (exact) mass is 538 g/mol. The van der Waals surface area contributed by atoms with Gasteiger partial charge in [-0.2, -0.15) is 0 Å². The van der Waals surface area contributed by atoms with Gasteiger partial charge in [0.2, 0.25) is 0 Å². The Balaban J connectivity index is 0.00000420. The third kappa shape index (κ3) is 10.3. The minimum atomic E-state index is 0. The highest BCUT2D eigenvalue weighted by atomic mass is 127. The summed E-state index contributed by atoms with van der Waals surface area (Å²) in [5.41, 5.74) is 1.24. The van der Waals surface area contributed by atoms with Crippen molar-refractivity contribution in [3.63, 3.8) is 0 Å². The van der Waals surface area contributed by atoms with Crippen LogP contribution in [0.1, 0.15) is 38.3 Å². The van der Waals surface area contributed by atoms with Gasteiger partial charge in [0.1, 0.15) is 0 Å². The molecule has 8 heteroatoms. The molecule has 6 nitrogen and oxygen atoms in total. The van der Waals surface area contributed by atoms with E-state index in [1.807, 2.05) is 19.1 Å². The molecule has 1 fully saturated rings. The number of hydrogen-bond donors (Lipinski definition) is 2. The lowest BCUT2D eigenvalue weighted by Crippen LogP contribution is -2.42. The van der Waals surface area contributed by atoms with E-state index in [-0.39, 0.29) is 30.0 Å². The smallest absolute Gasteiger partial charge is 0.191 e. The Morgan fingerprint density at radius 2 is 1.90 bits per heavy atom. The maximum Gasteiger partial charge on any atom is 0.191 e.